The number of anilines is 2. The van der Waals surface area contributed by atoms with Gasteiger partial charge in [-0.25, -0.2) is 0 Å². The largest absolute Gasteiger partial charge is 0.385 e. The minimum absolute atomic E-state index is 0. The number of carbonyl (C=O) groups is 1. The summed E-state index contributed by atoms with van der Waals surface area (Å²) < 4.78 is 4.93. The predicted octanol–water partition coefficient (Wildman–Crippen LogP) is 3.02. The number of hydrogen-bond donors (Lipinski definition) is 2. The zero-order valence-electron chi connectivity index (χ0n) is 11.1. The number of aryl methyl sites for hydroxylation is 2. The third kappa shape index (κ3) is 2.93. The van der Waals surface area contributed by atoms with Gasteiger partial charge in [0, 0.05) is 24.0 Å². The van der Waals surface area contributed by atoms with Crippen LogP contribution in [0.2, 0.25) is 0 Å². The van der Waals surface area contributed by atoms with Gasteiger partial charge >= 0.3 is 0 Å². The monoisotopic (exact) mass is 293 g/mol. The van der Waals surface area contributed by atoms with Gasteiger partial charge in [-0.15, -0.1) is 12.4 Å². The van der Waals surface area contributed by atoms with Gasteiger partial charge in [0.2, 0.25) is 5.76 Å². The van der Waals surface area contributed by atoms with E-state index in [9.17, 15) is 4.79 Å². The minimum Gasteiger partial charge on any atom is -0.385 e. The van der Waals surface area contributed by atoms with E-state index in [-0.39, 0.29) is 24.1 Å². The van der Waals surface area contributed by atoms with E-state index in [0.717, 1.165) is 30.8 Å². The van der Waals surface area contributed by atoms with Crippen molar-refractivity contribution in [2.24, 2.45) is 0 Å². The number of rotatable bonds is 2. The maximum atomic E-state index is 11.9. The molecule has 0 saturated carbocycles. The molecule has 3 rings (SSSR count). The molecule has 1 aromatic heterocycles. The molecule has 0 saturated heterocycles. The standard InChI is InChI=1S/C14H15N3O2.ClH/c1-9-7-13(19-17-9)14(18)16-11-5-4-10-3-2-6-15-12(10)8-11;/h4-5,7-8,15H,2-3,6H2,1H3,(H,16,18);1H. The Morgan fingerprint density at radius 2 is 2.25 bits per heavy atom. The van der Waals surface area contributed by atoms with Crippen LogP contribution in [0, 0.1) is 6.92 Å². The van der Waals surface area contributed by atoms with Crippen LogP contribution in [0.25, 0.3) is 0 Å². The zero-order valence-corrected chi connectivity index (χ0v) is 11.9. The first kappa shape index (κ1) is 14.4. The topological polar surface area (TPSA) is 67.2 Å². The van der Waals surface area contributed by atoms with Crippen LogP contribution in [0.3, 0.4) is 0 Å². The summed E-state index contributed by atoms with van der Waals surface area (Å²) in [4.78, 5) is 11.9. The molecule has 2 heterocycles. The van der Waals surface area contributed by atoms with Crippen molar-refractivity contribution in [2.45, 2.75) is 19.8 Å². The quantitative estimate of drug-likeness (QED) is 0.893. The Hall–Kier alpha value is -2.01. The molecule has 0 spiro atoms. The number of aromatic nitrogens is 1. The van der Waals surface area contributed by atoms with E-state index < -0.39 is 0 Å². The van der Waals surface area contributed by atoms with Gasteiger partial charge in [-0.05, 0) is 37.5 Å². The van der Waals surface area contributed by atoms with Gasteiger partial charge < -0.3 is 15.2 Å². The number of halogens is 1. The highest BCUT2D eigenvalue weighted by atomic mass is 35.5. The molecule has 0 aliphatic carbocycles. The Balaban J connectivity index is 0.00000147. The highest BCUT2D eigenvalue weighted by molar-refractivity contribution is 6.02. The summed E-state index contributed by atoms with van der Waals surface area (Å²) in [5, 5.41) is 9.84. The van der Waals surface area contributed by atoms with E-state index in [0.29, 0.717) is 5.69 Å². The lowest BCUT2D eigenvalue weighted by molar-refractivity contribution is 0.0988. The SMILES string of the molecule is Cc1cc(C(=O)Nc2ccc3c(c2)NCCC3)on1.Cl. The summed E-state index contributed by atoms with van der Waals surface area (Å²) in [6, 6.07) is 7.53. The molecule has 5 nitrogen and oxygen atoms in total. The number of hydrogen-bond acceptors (Lipinski definition) is 4. The number of nitrogens with one attached hydrogen (secondary N) is 2. The van der Waals surface area contributed by atoms with E-state index in [2.05, 4.69) is 15.8 Å². The molecule has 2 aromatic rings. The molecule has 0 unspecified atom stereocenters. The van der Waals surface area contributed by atoms with Crippen LogP contribution >= 0.6 is 12.4 Å². The maximum absolute atomic E-state index is 11.9. The van der Waals surface area contributed by atoms with Gasteiger partial charge in [-0.1, -0.05) is 11.2 Å². The van der Waals surface area contributed by atoms with Crippen LogP contribution < -0.4 is 10.6 Å². The molecule has 20 heavy (non-hydrogen) atoms. The number of amides is 1. The molecule has 0 bridgehead atoms. The highest BCUT2D eigenvalue weighted by Gasteiger charge is 2.13. The van der Waals surface area contributed by atoms with E-state index in [4.69, 9.17) is 4.52 Å². The molecule has 2 N–H and O–H groups in total. The van der Waals surface area contributed by atoms with Crippen LogP contribution in [0.5, 0.6) is 0 Å². The molecule has 1 aliphatic heterocycles. The van der Waals surface area contributed by atoms with Crippen molar-refractivity contribution in [3.63, 3.8) is 0 Å². The Bertz CT molecular complexity index is 625. The molecule has 1 aromatic carbocycles. The maximum Gasteiger partial charge on any atom is 0.294 e. The van der Waals surface area contributed by atoms with E-state index in [1.54, 1.807) is 13.0 Å². The number of benzene rings is 1. The fourth-order valence-corrected chi connectivity index (χ4v) is 2.20. The second-order valence-electron chi connectivity index (χ2n) is 4.69. The minimum atomic E-state index is -0.281. The van der Waals surface area contributed by atoms with Gasteiger partial charge in [0.1, 0.15) is 0 Å². The lowest BCUT2D eigenvalue weighted by atomic mass is 10.0. The second kappa shape index (κ2) is 5.96. The zero-order chi connectivity index (χ0) is 13.2. The average Bonchev–Trinajstić information content (AvgIpc) is 2.85. The van der Waals surface area contributed by atoms with Crippen LogP contribution in [-0.2, 0) is 6.42 Å². The fraction of sp³-hybridized carbons (Fsp3) is 0.286. The predicted molar refractivity (Wildman–Crippen MR) is 79.7 cm³/mol. The van der Waals surface area contributed by atoms with E-state index in [1.807, 2.05) is 18.2 Å². The third-order valence-corrected chi connectivity index (χ3v) is 3.16. The summed E-state index contributed by atoms with van der Waals surface area (Å²) in [5.74, 6) is -0.0560. The van der Waals surface area contributed by atoms with Crippen molar-refractivity contribution in [3.8, 4) is 0 Å². The lowest BCUT2D eigenvalue weighted by Gasteiger charge is -2.18. The number of nitrogens with zero attached hydrogens (tertiary/aromatic N) is 1. The molecule has 0 radical (unpaired) electrons. The van der Waals surface area contributed by atoms with E-state index >= 15 is 0 Å². The first-order valence-corrected chi connectivity index (χ1v) is 6.34. The first-order valence-electron chi connectivity index (χ1n) is 6.34. The second-order valence-corrected chi connectivity index (χ2v) is 4.69. The van der Waals surface area contributed by atoms with Gasteiger partial charge in [0.15, 0.2) is 0 Å². The molecule has 1 amide bonds. The Labute approximate surface area is 123 Å². The molecule has 1 aliphatic rings. The summed E-state index contributed by atoms with van der Waals surface area (Å²) in [6.07, 6.45) is 2.23. The molecular weight excluding hydrogens is 278 g/mol. The van der Waals surface area contributed by atoms with Crippen LogP contribution in [0.4, 0.5) is 11.4 Å². The molecule has 6 heteroatoms. The summed E-state index contributed by atoms with van der Waals surface area (Å²) in [6.45, 7) is 2.76. The van der Waals surface area contributed by atoms with Crippen LogP contribution in [-0.4, -0.2) is 17.6 Å². The van der Waals surface area contributed by atoms with Crippen molar-refractivity contribution < 1.29 is 9.32 Å². The first-order chi connectivity index (χ1) is 9.22. The van der Waals surface area contributed by atoms with Crippen molar-refractivity contribution in [3.05, 3.63) is 41.3 Å². The Kier molecular flexibility index (Phi) is 4.29. The number of carbonyl (C=O) groups excluding carboxylic acids is 1. The van der Waals surface area contributed by atoms with Crippen molar-refractivity contribution in [1.29, 1.82) is 0 Å². The van der Waals surface area contributed by atoms with Gasteiger partial charge in [-0.3, -0.25) is 4.79 Å². The molecule has 0 atom stereocenters. The number of fused-ring (bicyclic) bond motifs is 1. The normalized spacial score (nSPS) is 12.8. The van der Waals surface area contributed by atoms with Crippen LogP contribution in [0.1, 0.15) is 28.2 Å². The van der Waals surface area contributed by atoms with Gasteiger partial charge in [0.25, 0.3) is 5.91 Å². The van der Waals surface area contributed by atoms with Gasteiger partial charge in [-0.2, -0.15) is 0 Å². The molecular formula is C14H16ClN3O2. The van der Waals surface area contributed by atoms with Gasteiger partial charge in [0.05, 0.1) is 5.69 Å². The van der Waals surface area contributed by atoms with E-state index in [1.165, 1.54) is 5.56 Å². The Morgan fingerprint density at radius 3 is 3.00 bits per heavy atom. The van der Waals surface area contributed by atoms with Crippen LogP contribution in [0.15, 0.2) is 28.8 Å². The molecule has 0 fully saturated rings. The van der Waals surface area contributed by atoms with Crippen molar-refractivity contribution in [1.82, 2.24) is 5.16 Å². The average molecular weight is 294 g/mol. The lowest BCUT2D eigenvalue weighted by Crippen LogP contribution is -2.14. The molecule has 106 valence electrons. The Morgan fingerprint density at radius 1 is 1.40 bits per heavy atom. The smallest absolute Gasteiger partial charge is 0.294 e. The summed E-state index contributed by atoms with van der Waals surface area (Å²) in [7, 11) is 0. The highest BCUT2D eigenvalue weighted by Crippen LogP contribution is 2.25. The fourth-order valence-electron chi connectivity index (χ4n) is 2.20. The summed E-state index contributed by atoms with van der Waals surface area (Å²) in [5.41, 5.74) is 3.84. The van der Waals surface area contributed by atoms with Crippen molar-refractivity contribution >= 4 is 29.7 Å². The third-order valence-electron chi connectivity index (χ3n) is 3.16. The summed E-state index contributed by atoms with van der Waals surface area (Å²) >= 11 is 0. The van der Waals surface area contributed by atoms with Crippen molar-refractivity contribution in [2.75, 3.05) is 17.2 Å².